The Morgan fingerprint density at radius 1 is 1.28 bits per heavy atom. The van der Waals surface area contributed by atoms with E-state index in [1.54, 1.807) is 6.92 Å². The van der Waals surface area contributed by atoms with Crippen LogP contribution in [0.4, 0.5) is 0 Å². The molecule has 0 amide bonds. The van der Waals surface area contributed by atoms with Crippen LogP contribution in [0.5, 0.6) is 0 Å². The second-order valence-corrected chi connectivity index (χ2v) is 6.85. The summed E-state index contributed by atoms with van der Waals surface area (Å²) in [5, 5.41) is 11.7. The average molecular weight is 365 g/mol. The van der Waals surface area contributed by atoms with Crippen LogP contribution in [-0.2, 0) is 16.6 Å². The Labute approximate surface area is 142 Å². The lowest BCUT2D eigenvalue weighted by Crippen LogP contribution is -2.32. The van der Waals surface area contributed by atoms with Crippen LogP contribution in [0, 0.1) is 13.8 Å². The minimum absolute atomic E-state index is 0.00386. The molecular formula is C13H15N7O4S. The third-order valence-corrected chi connectivity index (χ3v) is 5.06. The molecule has 1 N–H and O–H groups in total. The van der Waals surface area contributed by atoms with Gasteiger partial charge in [0, 0.05) is 12.6 Å². The van der Waals surface area contributed by atoms with Gasteiger partial charge >= 0.3 is 0 Å². The molecule has 0 atom stereocenters. The topological polar surface area (TPSA) is 138 Å². The van der Waals surface area contributed by atoms with Gasteiger partial charge in [0.2, 0.25) is 10.0 Å². The monoisotopic (exact) mass is 365 g/mol. The first-order valence-corrected chi connectivity index (χ1v) is 8.72. The van der Waals surface area contributed by atoms with Crippen molar-refractivity contribution >= 4 is 10.0 Å². The Kier molecular flexibility index (Phi) is 4.46. The van der Waals surface area contributed by atoms with E-state index in [0.717, 1.165) is 4.68 Å². The second kappa shape index (κ2) is 6.57. The van der Waals surface area contributed by atoms with Gasteiger partial charge in [-0.2, -0.15) is 5.10 Å². The Hall–Kier alpha value is -2.86. The Morgan fingerprint density at radius 2 is 2.08 bits per heavy atom. The number of aryl methyl sites for hydroxylation is 2. The molecule has 12 heteroatoms. The highest BCUT2D eigenvalue weighted by Crippen LogP contribution is 2.18. The molecule has 0 aromatic carbocycles. The molecule has 3 rings (SSSR count). The maximum atomic E-state index is 12.3. The van der Waals surface area contributed by atoms with E-state index < -0.39 is 10.0 Å². The maximum absolute atomic E-state index is 12.3. The highest BCUT2D eigenvalue weighted by molar-refractivity contribution is 7.89. The zero-order chi connectivity index (χ0) is 18.0. The van der Waals surface area contributed by atoms with Crippen LogP contribution in [0.15, 0.2) is 39.0 Å². The van der Waals surface area contributed by atoms with E-state index in [9.17, 15) is 13.2 Å². The van der Waals surface area contributed by atoms with Crippen molar-refractivity contribution in [2.45, 2.75) is 25.3 Å². The summed E-state index contributed by atoms with van der Waals surface area (Å²) in [4.78, 5) is 15.7. The van der Waals surface area contributed by atoms with Gasteiger partial charge in [0.05, 0.1) is 6.54 Å². The zero-order valence-electron chi connectivity index (χ0n) is 13.4. The minimum Gasteiger partial charge on any atom is -0.360 e. The van der Waals surface area contributed by atoms with Crippen molar-refractivity contribution < 1.29 is 12.9 Å². The predicted molar refractivity (Wildman–Crippen MR) is 84.6 cm³/mol. The summed E-state index contributed by atoms with van der Waals surface area (Å²) < 4.78 is 34.5. The second-order valence-electron chi connectivity index (χ2n) is 5.14. The van der Waals surface area contributed by atoms with E-state index >= 15 is 0 Å². The van der Waals surface area contributed by atoms with Crippen molar-refractivity contribution in [3.05, 3.63) is 46.6 Å². The molecule has 0 aliphatic carbocycles. The van der Waals surface area contributed by atoms with E-state index in [1.165, 1.54) is 36.4 Å². The van der Waals surface area contributed by atoms with Crippen molar-refractivity contribution in [3.8, 4) is 5.82 Å². The van der Waals surface area contributed by atoms with Crippen LogP contribution in [0.2, 0.25) is 0 Å². The number of rotatable bonds is 6. The lowest BCUT2D eigenvalue weighted by Gasteiger charge is -2.08. The number of sulfonamides is 1. The van der Waals surface area contributed by atoms with Crippen LogP contribution in [0.1, 0.15) is 11.5 Å². The number of nitrogens with zero attached hydrogens (tertiary/aromatic N) is 6. The van der Waals surface area contributed by atoms with Gasteiger partial charge in [-0.1, -0.05) is 5.16 Å². The van der Waals surface area contributed by atoms with Crippen molar-refractivity contribution in [3.63, 3.8) is 0 Å². The molecular weight excluding hydrogens is 350 g/mol. The first-order valence-electron chi connectivity index (χ1n) is 7.24. The van der Waals surface area contributed by atoms with Crippen LogP contribution in [0.25, 0.3) is 5.82 Å². The van der Waals surface area contributed by atoms with Crippen molar-refractivity contribution in [2.24, 2.45) is 0 Å². The van der Waals surface area contributed by atoms with Gasteiger partial charge in [-0.15, -0.1) is 5.10 Å². The first kappa shape index (κ1) is 17.0. The van der Waals surface area contributed by atoms with Crippen molar-refractivity contribution in [1.29, 1.82) is 0 Å². The van der Waals surface area contributed by atoms with E-state index in [4.69, 9.17) is 4.52 Å². The van der Waals surface area contributed by atoms with Gasteiger partial charge in [-0.25, -0.2) is 27.5 Å². The van der Waals surface area contributed by atoms with Gasteiger partial charge in [0.25, 0.3) is 5.56 Å². The maximum Gasteiger partial charge on any atom is 0.266 e. The number of hydrogen-bond acceptors (Lipinski definition) is 8. The summed E-state index contributed by atoms with van der Waals surface area (Å²) in [5.41, 5.74) is -0.0890. The normalized spacial score (nSPS) is 11.8. The quantitative estimate of drug-likeness (QED) is 0.611. The Balaban J connectivity index is 1.74. The molecule has 0 unspecified atom stereocenters. The molecule has 3 aromatic heterocycles. The number of aromatic nitrogens is 6. The smallest absolute Gasteiger partial charge is 0.266 e. The van der Waals surface area contributed by atoms with Gasteiger partial charge in [-0.3, -0.25) is 4.79 Å². The molecule has 25 heavy (non-hydrogen) atoms. The van der Waals surface area contributed by atoms with Crippen molar-refractivity contribution in [1.82, 2.24) is 34.4 Å². The Morgan fingerprint density at radius 3 is 2.72 bits per heavy atom. The van der Waals surface area contributed by atoms with Crippen LogP contribution in [-0.4, -0.2) is 44.7 Å². The SMILES string of the molecule is Cc1noc(C)c1S(=O)(=O)NCCn1nc(-n2cncn2)ccc1=O. The zero-order valence-corrected chi connectivity index (χ0v) is 14.3. The summed E-state index contributed by atoms with van der Waals surface area (Å²) in [6, 6.07) is 2.83. The molecule has 0 fully saturated rings. The van der Waals surface area contributed by atoms with Gasteiger partial charge in [-0.05, 0) is 19.9 Å². The minimum atomic E-state index is -3.79. The van der Waals surface area contributed by atoms with Crippen LogP contribution < -0.4 is 10.3 Å². The standard InChI is InChI=1S/C13H15N7O4S/c1-9-13(10(2)24-18-9)25(22,23)16-5-6-19-12(21)4-3-11(17-19)20-8-14-7-15-20/h3-4,7-8,16H,5-6H2,1-2H3. The first-order chi connectivity index (χ1) is 11.9. The fraction of sp³-hybridized carbons (Fsp3) is 0.308. The third-order valence-electron chi connectivity index (χ3n) is 3.36. The predicted octanol–water partition coefficient (Wildman–Crippen LogP) is -0.593. The van der Waals surface area contributed by atoms with E-state index in [2.05, 4.69) is 25.1 Å². The largest absolute Gasteiger partial charge is 0.360 e. The molecule has 11 nitrogen and oxygen atoms in total. The molecule has 3 aromatic rings. The van der Waals surface area contributed by atoms with Gasteiger partial charge in [0.1, 0.15) is 23.2 Å². The van der Waals surface area contributed by atoms with E-state index in [1.807, 2.05) is 0 Å². The third kappa shape index (κ3) is 3.49. The molecule has 0 saturated carbocycles. The number of hydrogen-bond donors (Lipinski definition) is 1. The summed E-state index contributed by atoms with van der Waals surface area (Å²) in [6.07, 6.45) is 2.78. The Bertz CT molecular complexity index is 1020. The highest BCUT2D eigenvalue weighted by atomic mass is 32.2. The molecule has 132 valence electrons. The molecule has 0 bridgehead atoms. The van der Waals surface area contributed by atoms with Crippen molar-refractivity contribution in [2.75, 3.05) is 6.54 Å². The van der Waals surface area contributed by atoms with Gasteiger partial charge in [0.15, 0.2) is 11.6 Å². The molecule has 0 saturated heterocycles. The fourth-order valence-electron chi connectivity index (χ4n) is 2.26. The average Bonchev–Trinajstić information content (AvgIpc) is 3.19. The highest BCUT2D eigenvalue weighted by Gasteiger charge is 2.23. The lowest BCUT2D eigenvalue weighted by molar-refractivity contribution is 0.390. The summed E-state index contributed by atoms with van der Waals surface area (Å²) in [5.74, 6) is 0.596. The number of nitrogens with one attached hydrogen (secondary N) is 1. The van der Waals surface area contributed by atoms with E-state index in [0.29, 0.717) is 5.82 Å². The fourth-order valence-corrected chi connectivity index (χ4v) is 3.61. The molecule has 0 spiro atoms. The molecule has 0 radical (unpaired) electrons. The summed E-state index contributed by atoms with van der Waals surface area (Å²) in [7, 11) is -3.79. The lowest BCUT2D eigenvalue weighted by atomic mass is 10.4. The van der Waals surface area contributed by atoms with E-state index in [-0.39, 0.29) is 35.0 Å². The van der Waals surface area contributed by atoms with Gasteiger partial charge < -0.3 is 4.52 Å². The summed E-state index contributed by atoms with van der Waals surface area (Å²) in [6.45, 7) is 3.07. The molecule has 0 aliphatic heterocycles. The van der Waals surface area contributed by atoms with Crippen LogP contribution >= 0.6 is 0 Å². The molecule has 0 aliphatic rings. The van der Waals surface area contributed by atoms with Crippen LogP contribution in [0.3, 0.4) is 0 Å². The summed E-state index contributed by atoms with van der Waals surface area (Å²) >= 11 is 0. The molecule has 3 heterocycles.